The Bertz CT molecular complexity index is 353. The van der Waals surface area contributed by atoms with Gasteiger partial charge in [-0.15, -0.1) is 0 Å². The molecule has 1 aliphatic carbocycles. The molecule has 6 heteroatoms. The Labute approximate surface area is 119 Å². The first-order valence-electron chi connectivity index (χ1n) is 7.44. The van der Waals surface area contributed by atoms with E-state index in [-0.39, 0.29) is 17.7 Å². The zero-order chi connectivity index (χ0) is 14.4. The van der Waals surface area contributed by atoms with E-state index in [1.807, 2.05) is 0 Å². The van der Waals surface area contributed by atoms with Gasteiger partial charge in [0, 0.05) is 26.4 Å². The first-order chi connectivity index (χ1) is 9.64. The third-order valence-electron chi connectivity index (χ3n) is 3.92. The fraction of sp³-hybridized carbons (Fsp3) is 0.857. The highest BCUT2D eigenvalue weighted by Crippen LogP contribution is 2.40. The fourth-order valence-electron chi connectivity index (χ4n) is 2.95. The summed E-state index contributed by atoms with van der Waals surface area (Å²) in [6.07, 6.45) is 4.44. The maximum atomic E-state index is 12.3. The molecule has 2 fully saturated rings. The molecule has 0 bridgehead atoms. The van der Waals surface area contributed by atoms with E-state index in [9.17, 15) is 9.59 Å². The number of hydrogen-bond acceptors (Lipinski definition) is 4. The predicted molar refractivity (Wildman–Crippen MR) is 72.9 cm³/mol. The zero-order valence-corrected chi connectivity index (χ0v) is 12.1. The molecule has 0 aromatic rings. The highest BCUT2D eigenvalue weighted by molar-refractivity contribution is 5.79. The highest BCUT2D eigenvalue weighted by Gasteiger charge is 2.49. The van der Waals surface area contributed by atoms with Crippen molar-refractivity contribution >= 4 is 11.8 Å². The van der Waals surface area contributed by atoms with Crippen molar-refractivity contribution in [3.8, 4) is 0 Å². The molecule has 2 aliphatic rings. The third-order valence-corrected chi connectivity index (χ3v) is 3.92. The molecule has 114 valence electrons. The van der Waals surface area contributed by atoms with Gasteiger partial charge in [0.25, 0.3) is 0 Å². The van der Waals surface area contributed by atoms with E-state index >= 15 is 0 Å². The Kier molecular flexibility index (Phi) is 5.37. The molecule has 1 saturated heterocycles. The molecule has 0 aromatic heterocycles. The van der Waals surface area contributed by atoms with Crippen LogP contribution in [0.3, 0.4) is 0 Å². The summed E-state index contributed by atoms with van der Waals surface area (Å²) < 4.78 is 11.5. The van der Waals surface area contributed by atoms with Crippen LogP contribution in [0.5, 0.6) is 0 Å². The van der Waals surface area contributed by atoms with Gasteiger partial charge in [-0.3, -0.25) is 9.59 Å². The Hall–Kier alpha value is -1.14. The fourth-order valence-corrected chi connectivity index (χ4v) is 2.95. The minimum absolute atomic E-state index is 0.00873. The number of rotatable bonds is 5. The van der Waals surface area contributed by atoms with Crippen LogP contribution in [0.4, 0.5) is 0 Å². The summed E-state index contributed by atoms with van der Waals surface area (Å²) in [6, 6.07) is 0. The van der Waals surface area contributed by atoms with Crippen LogP contribution in [-0.4, -0.2) is 43.9 Å². The summed E-state index contributed by atoms with van der Waals surface area (Å²) in [5, 5.41) is 5.63. The molecular formula is C14H24N2O4. The van der Waals surface area contributed by atoms with Gasteiger partial charge >= 0.3 is 0 Å². The van der Waals surface area contributed by atoms with Crippen LogP contribution in [0, 0.1) is 5.92 Å². The van der Waals surface area contributed by atoms with Crippen molar-refractivity contribution in [1.82, 2.24) is 10.6 Å². The lowest BCUT2D eigenvalue weighted by Gasteiger charge is -2.38. The molecule has 2 N–H and O–H groups in total. The van der Waals surface area contributed by atoms with Crippen LogP contribution in [0.2, 0.25) is 0 Å². The number of carbonyl (C=O) groups is 2. The van der Waals surface area contributed by atoms with Crippen molar-refractivity contribution < 1.29 is 19.1 Å². The smallest absolute Gasteiger partial charge is 0.228 e. The van der Waals surface area contributed by atoms with Gasteiger partial charge in [0.05, 0.1) is 19.1 Å². The van der Waals surface area contributed by atoms with E-state index in [4.69, 9.17) is 9.47 Å². The van der Waals surface area contributed by atoms with Crippen LogP contribution in [0.15, 0.2) is 0 Å². The molecule has 1 saturated carbocycles. The van der Waals surface area contributed by atoms with Crippen LogP contribution < -0.4 is 10.6 Å². The third kappa shape index (κ3) is 3.70. The van der Waals surface area contributed by atoms with Crippen LogP contribution in [0.25, 0.3) is 0 Å². The Morgan fingerprint density at radius 2 is 1.85 bits per heavy atom. The number of carbonyl (C=O) groups excluding carboxylic acids is 2. The Balaban J connectivity index is 1.77. The van der Waals surface area contributed by atoms with Crippen LogP contribution in [0.1, 0.15) is 39.0 Å². The van der Waals surface area contributed by atoms with Gasteiger partial charge in [-0.1, -0.05) is 6.42 Å². The van der Waals surface area contributed by atoms with Gasteiger partial charge in [0.15, 0.2) is 5.79 Å². The summed E-state index contributed by atoms with van der Waals surface area (Å²) in [5.41, 5.74) is 0. The zero-order valence-electron chi connectivity index (χ0n) is 12.1. The van der Waals surface area contributed by atoms with Crippen LogP contribution in [-0.2, 0) is 19.1 Å². The standard InChI is InChI=1S/C14H24N2O4/c1-11(17)15-7-4-8-16-13(18)12-5-2-3-6-14(12)19-9-10-20-14/h12H,2-10H2,1H3,(H,15,17)(H,16,18). The summed E-state index contributed by atoms with van der Waals surface area (Å²) in [5.74, 6) is -0.927. The number of ether oxygens (including phenoxy) is 2. The maximum absolute atomic E-state index is 12.3. The lowest BCUT2D eigenvalue weighted by molar-refractivity contribution is -0.212. The SMILES string of the molecule is CC(=O)NCCCNC(=O)C1CCCCC12OCCO2. The van der Waals surface area contributed by atoms with Gasteiger partial charge in [-0.05, 0) is 19.3 Å². The van der Waals surface area contributed by atoms with Crippen molar-refractivity contribution in [3.63, 3.8) is 0 Å². The first kappa shape index (κ1) is 15.3. The van der Waals surface area contributed by atoms with Crippen molar-refractivity contribution in [1.29, 1.82) is 0 Å². The second-order valence-electron chi connectivity index (χ2n) is 5.43. The van der Waals surface area contributed by atoms with E-state index in [0.29, 0.717) is 26.3 Å². The normalized spacial score (nSPS) is 24.6. The average Bonchev–Trinajstić information content (AvgIpc) is 2.87. The van der Waals surface area contributed by atoms with Gasteiger partial charge in [0.1, 0.15) is 0 Å². The lowest BCUT2D eigenvalue weighted by Crippen LogP contribution is -2.50. The number of nitrogens with one attached hydrogen (secondary N) is 2. The molecule has 1 aliphatic heterocycles. The van der Waals surface area contributed by atoms with Crippen molar-refractivity contribution in [2.45, 2.75) is 44.8 Å². The predicted octanol–water partition coefficient (Wildman–Crippen LogP) is 0.562. The first-order valence-corrected chi connectivity index (χ1v) is 7.44. The Morgan fingerprint density at radius 3 is 2.55 bits per heavy atom. The summed E-state index contributed by atoms with van der Waals surface area (Å²) in [7, 11) is 0. The molecule has 6 nitrogen and oxygen atoms in total. The molecule has 2 rings (SSSR count). The van der Waals surface area contributed by atoms with Gasteiger partial charge in [-0.25, -0.2) is 0 Å². The molecular weight excluding hydrogens is 260 g/mol. The molecule has 1 unspecified atom stereocenters. The average molecular weight is 284 g/mol. The van der Waals surface area contributed by atoms with E-state index < -0.39 is 5.79 Å². The maximum Gasteiger partial charge on any atom is 0.228 e. The van der Waals surface area contributed by atoms with Crippen molar-refractivity contribution in [2.75, 3.05) is 26.3 Å². The number of amides is 2. The molecule has 1 atom stereocenters. The second kappa shape index (κ2) is 7.04. The molecule has 2 amide bonds. The van der Waals surface area contributed by atoms with Gasteiger partial charge in [-0.2, -0.15) is 0 Å². The van der Waals surface area contributed by atoms with E-state index in [1.54, 1.807) is 0 Å². The van der Waals surface area contributed by atoms with Gasteiger partial charge in [0.2, 0.25) is 11.8 Å². The van der Waals surface area contributed by atoms with Crippen LogP contribution >= 0.6 is 0 Å². The molecule has 20 heavy (non-hydrogen) atoms. The minimum atomic E-state index is -0.681. The van der Waals surface area contributed by atoms with E-state index in [1.165, 1.54) is 6.92 Å². The quantitative estimate of drug-likeness (QED) is 0.723. The second-order valence-corrected chi connectivity index (χ2v) is 5.43. The number of hydrogen-bond donors (Lipinski definition) is 2. The highest BCUT2D eigenvalue weighted by atomic mass is 16.7. The minimum Gasteiger partial charge on any atom is -0.356 e. The summed E-state index contributed by atoms with van der Waals surface area (Å²) in [6.45, 7) is 3.78. The van der Waals surface area contributed by atoms with Crippen molar-refractivity contribution in [2.24, 2.45) is 5.92 Å². The molecule has 0 aromatic carbocycles. The van der Waals surface area contributed by atoms with Crippen molar-refractivity contribution in [3.05, 3.63) is 0 Å². The largest absolute Gasteiger partial charge is 0.356 e. The molecule has 1 spiro atoms. The van der Waals surface area contributed by atoms with E-state index in [2.05, 4.69) is 10.6 Å². The topological polar surface area (TPSA) is 76.7 Å². The van der Waals surface area contributed by atoms with Gasteiger partial charge < -0.3 is 20.1 Å². The molecule has 0 radical (unpaired) electrons. The Morgan fingerprint density at radius 1 is 1.15 bits per heavy atom. The summed E-state index contributed by atoms with van der Waals surface area (Å²) in [4.78, 5) is 23.0. The monoisotopic (exact) mass is 284 g/mol. The summed E-state index contributed by atoms with van der Waals surface area (Å²) >= 11 is 0. The lowest BCUT2D eigenvalue weighted by atomic mass is 9.82. The van der Waals surface area contributed by atoms with E-state index in [0.717, 1.165) is 32.1 Å². The molecule has 1 heterocycles.